The van der Waals surface area contributed by atoms with Gasteiger partial charge in [-0.15, -0.1) is 0 Å². The fourth-order valence-electron chi connectivity index (χ4n) is 2.55. The Balaban J connectivity index is 2.29. The van der Waals surface area contributed by atoms with Crippen LogP contribution < -0.4 is 0 Å². The SMILES string of the molecule is Cc1ccc(C2(c3cc(I)c(O)c(I)c3O)C=CC(=O)O2)cc1. The van der Waals surface area contributed by atoms with Crippen molar-refractivity contribution in [2.75, 3.05) is 0 Å². The van der Waals surface area contributed by atoms with E-state index < -0.39 is 11.6 Å². The summed E-state index contributed by atoms with van der Waals surface area (Å²) in [6.07, 6.45) is 2.99. The largest absolute Gasteiger partial charge is 0.506 e. The summed E-state index contributed by atoms with van der Waals surface area (Å²) in [4.78, 5) is 11.8. The highest BCUT2D eigenvalue weighted by Gasteiger charge is 2.42. The molecule has 0 saturated heterocycles. The molecular formula is C17H12I2O4. The first-order valence-corrected chi connectivity index (χ1v) is 8.90. The molecule has 0 fully saturated rings. The molecule has 1 heterocycles. The van der Waals surface area contributed by atoms with Crippen molar-refractivity contribution in [3.63, 3.8) is 0 Å². The Morgan fingerprint density at radius 3 is 2.30 bits per heavy atom. The van der Waals surface area contributed by atoms with Gasteiger partial charge in [-0.1, -0.05) is 29.8 Å². The molecule has 6 heteroatoms. The fourth-order valence-corrected chi connectivity index (χ4v) is 4.23. The van der Waals surface area contributed by atoms with E-state index in [1.165, 1.54) is 6.08 Å². The summed E-state index contributed by atoms with van der Waals surface area (Å²) in [5.41, 5.74) is 1.05. The predicted molar refractivity (Wildman–Crippen MR) is 102 cm³/mol. The molecule has 1 unspecified atom stereocenters. The molecular weight excluding hydrogens is 522 g/mol. The number of aryl methyl sites for hydroxylation is 1. The van der Waals surface area contributed by atoms with Crippen molar-refractivity contribution in [3.05, 3.63) is 66.3 Å². The summed E-state index contributed by atoms with van der Waals surface area (Å²) in [5, 5.41) is 20.5. The molecule has 1 atom stereocenters. The number of halogens is 2. The van der Waals surface area contributed by atoms with E-state index in [1.54, 1.807) is 12.1 Å². The second-order valence-electron chi connectivity index (χ2n) is 5.27. The van der Waals surface area contributed by atoms with Crippen LogP contribution in [0.4, 0.5) is 0 Å². The molecule has 2 aromatic carbocycles. The number of hydrogen-bond acceptors (Lipinski definition) is 4. The number of carbonyl (C=O) groups excluding carboxylic acids is 1. The molecule has 3 rings (SSSR count). The lowest BCUT2D eigenvalue weighted by Gasteiger charge is -2.29. The molecule has 0 aromatic heterocycles. The Kier molecular flexibility index (Phi) is 4.30. The Labute approximate surface area is 160 Å². The lowest BCUT2D eigenvalue weighted by atomic mass is 9.85. The van der Waals surface area contributed by atoms with Gasteiger partial charge in [0.1, 0.15) is 11.5 Å². The molecule has 4 nitrogen and oxygen atoms in total. The third-order valence-electron chi connectivity index (χ3n) is 3.76. The maximum Gasteiger partial charge on any atom is 0.332 e. The molecule has 0 amide bonds. The van der Waals surface area contributed by atoms with Crippen LogP contribution >= 0.6 is 45.2 Å². The summed E-state index contributed by atoms with van der Waals surface area (Å²) >= 11 is 3.86. The molecule has 118 valence electrons. The number of cyclic esters (lactones) is 1. The molecule has 0 aliphatic carbocycles. The zero-order valence-corrected chi connectivity index (χ0v) is 16.3. The minimum Gasteiger partial charge on any atom is -0.506 e. The lowest BCUT2D eigenvalue weighted by Crippen LogP contribution is -2.27. The number of phenolic OH excluding ortho intramolecular Hbond substituents is 2. The zero-order valence-electron chi connectivity index (χ0n) is 12.0. The number of ether oxygens (including phenoxy) is 1. The Bertz CT molecular complexity index is 827. The van der Waals surface area contributed by atoms with Crippen molar-refractivity contribution in [2.24, 2.45) is 0 Å². The van der Waals surface area contributed by atoms with Crippen LogP contribution in [0.5, 0.6) is 11.5 Å². The first-order valence-electron chi connectivity index (χ1n) is 6.75. The van der Waals surface area contributed by atoms with Crippen molar-refractivity contribution in [1.29, 1.82) is 0 Å². The molecule has 2 aromatic rings. The third-order valence-corrected chi connectivity index (χ3v) is 5.61. The van der Waals surface area contributed by atoms with E-state index in [0.717, 1.165) is 11.1 Å². The van der Waals surface area contributed by atoms with Gasteiger partial charge in [0.25, 0.3) is 0 Å². The maximum atomic E-state index is 11.8. The maximum absolute atomic E-state index is 11.8. The van der Waals surface area contributed by atoms with Crippen LogP contribution in [0.2, 0.25) is 0 Å². The highest BCUT2D eigenvalue weighted by Crippen LogP contribution is 2.47. The molecule has 0 bridgehead atoms. The van der Waals surface area contributed by atoms with Gasteiger partial charge < -0.3 is 14.9 Å². The van der Waals surface area contributed by atoms with Crippen LogP contribution in [0.3, 0.4) is 0 Å². The van der Waals surface area contributed by atoms with E-state index in [-0.39, 0.29) is 11.5 Å². The zero-order chi connectivity index (χ0) is 16.8. The molecule has 23 heavy (non-hydrogen) atoms. The molecule has 0 spiro atoms. The topological polar surface area (TPSA) is 66.8 Å². The minimum atomic E-state index is -1.19. The van der Waals surface area contributed by atoms with Crippen LogP contribution in [0.15, 0.2) is 42.5 Å². The van der Waals surface area contributed by atoms with Crippen molar-refractivity contribution < 1.29 is 19.7 Å². The predicted octanol–water partition coefficient (Wildman–Crippen LogP) is 3.97. The second kappa shape index (κ2) is 5.97. The van der Waals surface area contributed by atoms with Crippen LogP contribution in [-0.2, 0) is 15.1 Å². The number of rotatable bonds is 2. The molecule has 2 N–H and O–H groups in total. The quantitative estimate of drug-likeness (QED) is 0.453. The van der Waals surface area contributed by atoms with Crippen LogP contribution in [0, 0.1) is 14.1 Å². The fraction of sp³-hybridized carbons (Fsp3) is 0.118. The van der Waals surface area contributed by atoms with Crippen molar-refractivity contribution in [1.82, 2.24) is 0 Å². The van der Waals surface area contributed by atoms with Crippen molar-refractivity contribution >= 4 is 51.2 Å². The minimum absolute atomic E-state index is 0.0137. The number of phenols is 2. The van der Waals surface area contributed by atoms with Gasteiger partial charge in [-0.05, 0) is 64.2 Å². The van der Waals surface area contributed by atoms with Gasteiger partial charge in [0, 0.05) is 17.2 Å². The molecule has 0 radical (unpaired) electrons. The standard InChI is InChI=1S/C17H12I2O4/c1-9-2-4-10(5-3-9)17(7-6-13(20)23-17)11-8-12(18)16(22)14(19)15(11)21/h2-8,21-22H,1H3. The van der Waals surface area contributed by atoms with Crippen LogP contribution in [-0.4, -0.2) is 16.2 Å². The van der Waals surface area contributed by atoms with Gasteiger partial charge in [-0.25, -0.2) is 4.79 Å². The van der Waals surface area contributed by atoms with Gasteiger partial charge in [-0.3, -0.25) is 0 Å². The number of esters is 1. The summed E-state index contributed by atoms with van der Waals surface area (Å²) in [5.74, 6) is -0.550. The van der Waals surface area contributed by atoms with Gasteiger partial charge >= 0.3 is 5.97 Å². The molecule has 1 aliphatic heterocycles. The van der Waals surface area contributed by atoms with E-state index in [0.29, 0.717) is 12.7 Å². The van der Waals surface area contributed by atoms with Gasteiger partial charge in [-0.2, -0.15) is 0 Å². The van der Waals surface area contributed by atoms with Crippen LogP contribution in [0.1, 0.15) is 16.7 Å². The average molecular weight is 534 g/mol. The third kappa shape index (κ3) is 2.71. The molecule has 1 aliphatic rings. The van der Waals surface area contributed by atoms with E-state index in [4.69, 9.17) is 4.74 Å². The second-order valence-corrected chi connectivity index (χ2v) is 7.51. The highest BCUT2D eigenvalue weighted by atomic mass is 127. The van der Waals surface area contributed by atoms with Crippen LogP contribution in [0.25, 0.3) is 0 Å². The van der Waals surface area contributed by atoms with Gasteiger partial charge in [0.2, 0.25) is 0 Å². The van der Waals surface area contributed by atoms with E-state index in [2.05, 4.69) is 0 Å². The Morgan fingerprint density at radius 1 is 1.09 bits per heavy atom. The average Bonchev–Trinajstić information content (AvgIpc) is 2.92. The number of aromatic hydroxyl groups is 2. The normalized spacial score (nSPS) is 19.9. The van der Waals surface area contributed by atoms with E-state index >= 15 is 0 Å². The number of carbonyl (C=O) groups is 1. The Hall–Kier alpha value is -1.29. The monoisotopic (exact) mass is 534 g/mol. The lowest BCUT2D eigenvalue weighted by molar-refractivity contribution is -0.143. The first kappa shape index (κ1) is 16.6. The highest BCUT2D eigenvalue weighted by molar-refractivity contribution is 14.1. The Morgan fingerprint density at radius 2 is 1.74 bits per heavy atom. The molecule has 0 saturated carbocycles. The summed E-state index contributed by atoms with van der Waals surface area (Å²) in [7, 11) is 0. The summed E-state index contributed by atoms with van der Waals surface area (Å²) in [6, 6.07) is 9.21. The van der Waals surface area contributed by atoms with Gasteiger partial charge in [0.15, 0.2) is 5.60 Å². The number of hydrogen-bond donors (Lipinski definition) is 2. The van der Waals surface area contributed by atoms with E-state index in [1.807, 2.05) is 76.4 Å². The van der Waals surface area contributed by atoms with Crippen molar-refractivity contribution in [2.45, 2.75) is 12.5 Å². The van der Waals surface area contributed by atoms with Gasteiger partial charge in [0.05, 0.1) is 7.14 Å². The summed E-state index contributed by atoms with van der Waals surface area (Å²) < 4.78 is 6.49. The van der Waals surface area contributed by atoms with Crippen molar-refractivity contribution in [3.8, 4) is 11.5 Å². The first-order chi connectivity index (χ1) is 10.8. The van der Waals surface area contributed by atoms with E-state index in [9.17, 15) is 15.0 Å². The summed E-state index contributed by atoms with van der Waals surface area (Å²) in [6.45, 7) is 1.97. The smallest absolute Gasteiger partial charge is 0.332 e. The number of benzene rings is 2.